The monoisotopic (exact) mass is 612 g/mol. The fraction of sp³-hybridized carbons (Fsp3) is 0. The van der Waals surface area contributed by atoms with Crippen LogP contribution in [0.15, 0.2) is 170 Å². The SMILES string of the molecule is c1ccc(-c2ccc3ccc4ccc(-c5ccc(-c6ccc(-c7ccc(-c8ncccn8)cc7)cc6)c6ccccc56)nc4c3n2)cc1. The lowest BCUT2D eigenvalue weighted by Crippen LogP contribution is -1.92. The Bertz CT molecular complexity index is 2580. The molecular weight excluding hydrogens is 585 g/mol. The average molecular weight is 613 g/mol. The lowest BCUT2D eigenvalue weighted by atomic mass is 9.92. The van der Waals surface area contributed by atoms with Crippen LogP contribution in [-0.4, -0.2) is 19.9 Å². The number of pyridine rings is 2. The van der Waals surface area contributed by atoms with Crippen LogP contribution in [0.5, 0.6) is 0 Å². The van der Waals surface area contributed by atoms with E-state index in [4.69, 9.17) is 9.97 Å². The summed E-state index contributed by atoms with van der Waals surface area (Å²) in [7, 11) is 0. The first-order valence-corrected chi connectivity index (χ1v) is 16.0. The highest BCUT2D eigenvalue weighted by molar-refractivity contribution is 6.07. The molecule has 0 aliphatic rings. The summed E-state index contributed by atoms with van der Waals surface area (Å²) in [6.45, 7) is 0. The summed E-state index contributed by atoms with van der Waals surface area (Å²) in [4.78, 5) is 19.1. The van der Waals surface area contributed by atoms with Crippen LogP contribution in [0, 0.1) is 0 Å². The van der Waals surface area contributed by atoms with Gasteiger partial charge in [0.15, 0.2) is 5.82 Å². The van der Waals surface area contributed by atoms with E-state index in [-0.39, 0.29) is 0 Å². The highest BCUT2D eigenvalue weighted by atomic mass is 14.8. The fourth-order valence-electron chi connectivity index (χ4n) is 6.56. The number of benzene rings is 6. The Balaban J connectivity index is 1.09. The second-order valence-corrected chi connectivity index (χ2v) is 11.9. The number of aromatic nitrogens is 4. The summed E-state index contributed by atoms with van der Waals surface area (Å²) in [6, 6.07) is 55.2. The molecule has 4 nitrogen and oxygen atoms in total. The number of fused-ring (bicyclic) bond motifs is 4. The first-order valence-electron chi connectivity index (χ1n) is 16.0. The third-order valence-electron chi connectivity index (χ3n) is 9.03. The molecule has 3 heterocycles. The molecule has 48 heavy (non-hydrogen) atoms. The smallest absolute Gasteiger partial charge is 0.159 e. The molecule has 4 heteroatoms. The molecule has 0 bridgehead atoms. The third-order valence-corrected chi connectivity index (χ3v) is 9.03. The molecule has 9 aromatic rings. The van der Waals surface area contributed by atoms with Gasteiger partial charge in [-0.05, 0) is 51.2 Å². The number of hydrogen-bond acceptors (Lipinski definition) is 4. The van der Waals surface area contributed by atoms with E-state index in [1.807, 2.05) is 24.3 Å². The van der Waals surface area contributed by atoms with E-state index < -0.39 is 0 Å². The van der Waals surface area contributed by atoms with Crippen molar-refractivity contribution in [3.8, 4) is 56.2 Å². The zero-order valence-corrected chi connectivity index (χ0v) is 26.0. The second-order valence-electron chi connectivity index (χ2n) is 11.9. The Morgan fingerprint density at radius 3 is 1.48 bits per heavy atom. The standard InChI is InChI=1S/C44H28N4/c1-2-7-32(8-3-1)40-25-21-33-17-18-34-22-26-41(48-43(34)42(33)47-40)39-24-23-36(37-9-4-5-10-38(37)39)31-15-11-29(12-16-31)30-13-19-35(20-14-30)44-45-27-6-28-46-44/h1-28H. The van der Waals surface area contributed by atoms with Gasteiger partial charge in [-0.15, -0.1) is 0 Å². The van der Waals surface area contributed by atoms with E-state index >= 15 is 0 Å². The van der Waals surface area contributed by atoms with Crippen molar-refractivity contribution >= 4 is 32.6 Å². The van der Waals surface area contributed by atoms with Gasteiger partial charge in [-0.2, -0.15) is 0 Å². The highest BCUT2D eigenvalue weighted by Crippen LogP contribution is 2.37. The van der Waals surface area contributed by atoms with E-state index in [1.165, 1.54) is 21.9 Å². The summed E-state index contributed by atoms with van der Waals surface area (Å²) in [5, 5.41) is 4.52. The molecule has 6 aromatic carbocycles. The summed E-state index contributed by atoms with van der Waals surface area (Å²) in [5.41, 5.74) is 11.6. The molecule has 0 fully saturated rings. The molecule has 0 saturated carbocycles. The first-order chi connectivity index (χ1) is 23.8. The van der Waals surface area contributed by atoms with Crippen molar-refractivity contribution in [2.24, 2.45) is 0 Å². The van der Waals surface area contributed by atoms with Crippen LogP contribution in [0.4, 0.5) is 0 Å². The van der Waals surface area contributed by atoms with Crippen LogP contribution < -0.4 is 0 Å². The lowest BCUT2D eigenvalue weighted by Gasteiger charge is -2.13. The molecular formula is C44H28N4. The van der Waals surface area contributed by atoms with Crippen molar-refractivity contribution in [1.82, 2.24) is 19.9 Å². The number of rotatable bonds is 5. The van der Waals surface area contributed by atoms with Crippen molar-refractivity contribution in [3.63, 3.8) is 0 Å². The van der Waals surface area contributed by atoms with Crippen LogP contribution in [0.3, 0.4) is 0 Å². The van der Waals surface area contributed by atoms with E-state index in [0.29, 0.717) is 0 Å². The van der Waals surface area contributed by atoms with Gasteiger partial charge in [0.05, 0.1) is 22.4 Å². The van der Waals surface area contributed by atoms with Gasteiger partial charge in [0.2, 0.25) is 0 Å². The summed E-state index contributed by atoms with van der Waals surface area (Å²) in [5.74, 6) is 0.732. The van der Waals surface area contributed by atoms with Gasteiger partial charge in [-0.1, -0.05) is 140 Å². The van der Waals surface area contributed by atoms with Gasteiger partial charge >= 0.3 is 0 Å². The zero-order chi connectivity index (χ0) is 31.9. The van der Waals surface area contributed by atoms with Crippen molar-refractivity contribution < 1.29 is 0 Å². The van der Waals surface area contributed by atoms with Gasteiger partial charge in [0, 0.05) is 39.9 Å². The molecule has 0 aliphatic heterocycles. The van der Waals surface area contributed by atoms with Crippen LogP contribution in [0.2, 0.25) is 0 Å². The van der Waals surface area contributed by atoms with Crippen LogP contribution in [0.1, 0.15) is 0 Å². The average Bonchev–Trinajstić information content (AvgIpc) is 3.18. The molecule has 0 saturated heterocycles. The third kappa shape index (κ3) is 4.97. The minimum atomic E-state index is 0.732. The Morgan fingerprint density at radius 2 is 0.812 bits per heavy atom. The predicted molar refractivity (Wildman–Crippen MR) is 197 cm³/mol. The molecule has 0 N–H and O–H groups in total. The highest BCUT2D eigenvalue weighted by Gasteiger charge is 2.13. The summed E-state index contributed by atoms with van der Waals surface area (Å²) < 4.78 is 0. The van der Waals surface area contributed by atoms with E-state index in [2.05, 4.69) is 143 Å². The Morgan fingerprint density at radius 1 is 0.312 bits per heavy atom. The maximum atomic E-state index is 5.26. The van der Waals surface area contributed by atoms with Gasteiger partial charge in [0.1, 0.15) is 0 Å². The van der Waals surface area contributed by atoms with Crippen LogP contribution in [-0.2, 0) is 0 Å². The van der Waals surface area contributed by atoms with Crippen molar-refractivity contribution in [2.75, 3.05) is 0 Å². The molecule has 0 unspecified atom stereocenters. The van der Waals surface area contributed by atoms with E-state index in [9.17, 15) is 0 Å². The number of hydrogen-bond donors (Lipinski definition) is 0. The fourth-order valence-corrected chi connectivity index (χ4v) is 6.56. The van der Waals surface area contributed by atoms with E-state index in [0.717, 1.165) is 66.8 Å². The largest absolute Gasteiger partial charge is 0.245 e. The molecule has 3 aromatic heterocycles. The van der Waals surface area contributed by atoms with Crippen LogP contribution in [0.25, 0.3) is 88.7 Å². The normalized spacial score (nSPS) is 11.3. The number of nitrogens with zero attached hydrogens (tertiary/aromatic N) is 4. The maximum Gasteiger partial charge on any atom is 0.159 e. The molecule has 0 aliphatic carbocycles. The molecule has 0 atom stereocenters. The van der Waals surface area contributed by atoms with Crippen molar-refractivity contribution in [2.45, 2.75) is 0 Å². The minimum absolute atomic E-state index is 0.732. The summed E-state index contributed by atoms with van der Waals surface area (Å²) in [6.07, 6.45) is 3.54. The topological polar surface area (TPSA) is 51.6 Å². The van der Waals surface area contributed by atoms with Gasteiger partial charge in [0.25, 0.3) is 0 Å². The molecule has 0 spiro atoms. The zero-order valence-electron chi connectivity index (χ0n) is 26.0. The molecule has 0 radical (unpaired) electrons. The molecule has 0 amide bonds. The molecule has 224 valence electrons. The van der Waals surface area contributed by atoms with Gasteiger partial charge in [-0.3, -0.25) is 0 Å². The minimum Gasteiger partial charge on any atom is -0.245 e. The van der Waals surface area contributed by atoms with Gasteiger partial charge < -0.3 is 0 Å². The maximum absolute atomic E-state index is 5.26. The summed E-state index contributed by atoms with van der Waals surface area (Å²) >= 11 is 0. The Kier molecular flexibility index (Phi) is 6.76. The van der Waals surface area contributed by atoms with Crippen molar-refractivity contribution in [1.29, 1.82) is 0 Å². The Labute approximate surface area is 278 Å². The first kappa shape index (κ1) is 27.8. The van der Waals surface area contributed by atoms with Crippen LogP contribution >= 0.6 is 0 Å². The molecule has 9 rings (SSSR count). The van der Waals surface area contributed by atoms with Crippen molar-refractivity contribution in [3.05, 3.63) is 170 Å². The predicted octanol–water partition coefficient (Wildman–Crippen LogP) is 11.1. The Hall–Kier alpha value is -6.52. The second kappa shape index (κ2) is 11.7. The lowest BCUT2D eigenvalue weighted by molar-refractivity contribution is 1.18. The quantitative estimate of drug-likeness (QED) is 0.181. The van der Waals surface area contributed by atoms with E-state index in [1.54, 1.807) is 12.4 Å². The van der Waals surface area contributed by atoms with Gasteiger partial charge in [-0.25, -0.2) is 19.9 Å².